The van der Waals surface area contributed by atoms with Crippen LogP contribution >= 0.6 is 24.4 Å². The first-order chi connectivity index (χ1) is 15.4. The second-order valence-corrected chi connectivity index (χ2v) is 10.9. The smallest absolute Gasteiger partial charge is 0.345 e. The minimum Gasteiger partial charge on any atom is -0.478 e. The number of thiocarbonyl (C=S) groups is 2. The monoisotopic (exact) mass is 518 g/mol. The van der Waals surface area contributed by atoms with Gasteiger partial charge in [-0.25, -0.2) is 14.4 Å². The maximum Gasteiger partial charge on any atom is 0.345 e. The van der Waals surface area contributed by atoms with Crippen LogP contribution in [0.5, 0.6) is 0 Å². The summed E-state index contributed by atoms with van der Waals surface area (Å²) < 4.78 is 15.7. The lowest BCUT2D eigenvalue weighted by Crippen LogP contribution is -2.57. The van der Waals surface area contributed by atoms with Gasteiger partial charge >= 0.3 is 23.9 Å². The fraction of sp³-hybridized carbons (Fsp3) is 0.727. The summed E-state index contributed by atoms with van der Waals surface area (Å²) in [4.78, 5) is 49.9. The van der Waals surface area contributed by atoms with Gasteiger partial charge in [0.15, 0.2) is 0 Å². The Balaban J connectivity index is 2.94. The Hall–Kier alpha value is -2.34. The molecular weight excluding hydrogens is 484 g/mol. The zero-order chi connectivity index (χ0) is 26.4. The van der Waals surface area contributed by atoms with Crippen molar-refractivity contribution in [1.82, 2.24) is 10.2 Å². The van der Waals surface area contributed by atoms with Gasteiger partial charge < -0.3 is 29.5 Å². The molecule has 10 nitrogen and oxygen atoms in total. The molecule has 1 aliphatic heterocycles. The first-order valence-electron chi connectivity index (χ1n) is 10.8. The van der Waals surface area contributed by atoms with Crippen molar-refractivity contribution in [3.8, 4) is 0 Å². The van der Waals surface area contributed by atoms with Crippen LogP contribution in [-0.4, -0.2) is 79.8 Å². The minimum absolute atomic E-state index is 0.0142. The van der Waals surface area contributed by atoms with E-state index >= 15 is 0 Å². The Morgan fingerprint density at radius 2 is 1.59 bits per heavy atom. The lowest BCUT2D eigenvalue weighted by Gasteiger charge is -2.42. The minimum atomic E-state index is -1.50. The molecule has 0 amide bonds. The van der Waals surface area contributed by atoms with Crippen molar-refractivity contribution >= 4 is 58.3 Å². The number of rotatable bonds is 9. The highest BCUT2D eigenvalue weighted by Crippen LogP contribution is 2.24. The summed E-state index contributed by atoms with van der Waals surface area (Å²) in [5.41, 5.74) is -1.44. The molecule has 0 bridgehead atoms. The summed E-state index contributed by atoms with van der Waals surface area (Å²) in [5.74, 6) is -3.19. The van der Waals surface area contributed by atoms with Crippen LogP contribution in [-0.2, 0) is 33.4 Å². The van der Waals surface area contributed by atoms with E-state index in [1.807, 2.05) is 0 Å². The number of nitrogens with zero attached hydrogens (tertiary/aromatic N) is 1. The summed E-state index contributed by atoms with van der Waals surface area (Å²) in [6, 6.07) is -1.58. The van der Waals surface area contributed by atoms with Crippen LogP contribution < -0.4 is 5.32 Å². The first kappa shape index (κ1) is 29.7. The topological polar surface area (TPSA) is 131 Å². The Morgan fingerprint density at radius 1 is 1.03 bits per heavy atom. The number of ether oxygens (including phenoxy) is 3. The number of esters is 3. The van der Waals surface area contributed by atoms with Crippen molar-refractivity contribution in [2.45, 2.75) is 97.1 Å². The average Bonchev–Trinajstić information content (AvgIpc) is 2.55. The average molecular weight is 519 g/mol. The third-order valence-corrected chi connectivity index (χ3v) is 5.06. The van der Waals surface area contributed by atoms with E-state index in [1.54, 1.807) is 46.4 Å². The number of hydrogen-bond donors (Lipinski definition) is 2. The van der Waals surface area contributed by atoms with E-state index in [0.717, 1.165) is 6.92 Å². The molecule has 1 unspecified atom stereocenters. The van der Waals surface area contributed by atoms with Gasteiger partial charge in [0.05, 0.1) is 9.98 Å². The first-order valence-corrected chi connectivity index (χ1v) is 11.7. The van der Waals surface area contributed by atoms with E-state index in [1.165, 1.54) is 0 Å². The lowest BCUT2D eigenvalue weighted by molar-refractivity contribution is -0.163. The number of carbonyl (C=O) groups is 4. The molecule has 1 fully saturated rings. The van der Waals surface area contributed by atoms with Crippen LogP contribution in [0.15, 0.2) is 0 Å². The van der Waals surface area contributed by atoms with Crippen molar-refractivity contribution in [2.24, 2.45) is 0 Å². The normalized spacial score (nSPS) is 17.5. The Kier molecular flexibility index (Phi) is 10.4. The molecule has 0 saturated carbocycles. The van der Waals surface area contributed by atoms with Crippen LogP contribution in [0.3, 0.4) is 0 Å². The lowest BCUT2D eigenvalue weighted by atomic mass is 10.0. The highest BCUT2D eigenvalue weighted by Gasteiger charge is 2.40. The van der Waals surface area contributed by atoms with Gasteiger partial charge in [0, 0.05) is 26.3 Å². The molecule has 0 aromatic rings. The number of likely N-dealkylation sites (tertiary alicyclic amines) is 1. The SMILES string of the molecule is CC(=O)O[C@@H](CC(=S)N[C@@H](CC(=S)N1CCC1C(=O)OC(C)(C)C)C(=O)OC(C)(C)C)C(=O)O. The molecule has 1 aliphatic rings. The second kappa shape index (κ2) is 11.9. The largest absolute Gasteiger partial charge is 0.478 e. The molecule has 0 aromatic heterocycles. The van der Waals surface area contributed by atoms with E-state index in [0.29, 0.717) is 18.0 Å². The van der Waals surface area contributed by atoms with E-state index in [-0.39, 0.29) is 17.8 Å². The zero-order valence-corrected chi connectivity index (χ0v) is 22.3. The molecular formula is C22H34N2O8S2. The third kappa shape index (κ3) is 10.3. The molecule has 1 rings (SSSR count). The van der Waals surface area contributed by atoms with Crippen molar-refractivity contribution < 1.29 is 38.5 Å². The summed E-state index contributed by atoms with van der Waals surface area (Å²) >= 11 is 10.7. The van der Waals surface area contributed by atoms with Gasteiger partial charge in [-0.1, -0.05) is 24.4 Å². The van der Waals surface area contributed by atoms with Crippen molar-refractivity contribution in [3.05, 3.63) is 0 Å². The predicted octanol–water partition coefficient (Wildman–Crippen LogP) is 2.15. The van der Waals surface area contributed by atoms with Crippen LogP contribution in [0, 0.1) is 0 Å². The molecule has 2 N–H and O–H groups in total. The highest BCUT2D eigenvalue weighted by molar-refractivity contribution is 7.80. The fourth-order valence-corrected chi connectivity index (χ4v) is 3.64. The summed E-state index contributed by atoms with van der Waals surface area (Å²) in [7, 11) is 0. The third-order valence-electron chi connectivity index (χ3n) is 4.38. The van der Waals surface area contributed by atoms with Crippen LogP contribution in [0.4, 0.5) is 0 Å². The Bertz CT molecular complexity index is 832. The van der Waals surface area contributed by atoms with E-state index in [2.05, 4.69) is 5.32 Å². The quantitative estimate of drug-likeness (QED) is 0.263. The molecule has 0 spiro atoms. The molecule has 0 aliphatic carbocycles. The van der Waals surface area contributed by atoms with Gasteiger partial charge in [-0.05, 0) is 48.0 Å². The van der Waals surface area contributed by atoms with Gasteiger partial charge in [-0.15, -0.1) is 0 Å². The molecule has 12 heteroatoms. The molecule has 1 saturated heterocycles. The highest BCUT2D eigenvalue weighted by atomic mass is 32.1. The van der Waals surface area contributed by atoms with E-state index in [4.69, 9.17) is 38.6 Å². The standard InChI is InChI=1S/C22H34N2O8S2/c1-12(25)30-15(18(26)27)11-16(33)23-13(19(28)31-21(2,3)4)10-17(34)24-9-8-14(24)20(29)32-22(5,6)7/h13-15H,8-11H2,1-7H3,(H,23,33)(H,26,27)/t13-,14?,15-/m0/s1. The van der Waals surface area contributed by atoms with E-state index < -0.39 is 53.3 Å². The van der Waals surface area contributed by atoms with Crippen LogP contribution in [0.25, 0.3) is 0 Å². The number of aliphatic carboxylic acids is 1. The Labute approximate surface area is 210 Å². The number of nitrogens with one attached hydrogen (secondary N) is 1. The molecule has 192 valence electrons. The van der Waals surface area contributed by atoms with Crippen molar-refractivity contribution in [1.29, 1.82) is 0 Å². The number of carbonyl (C=O) groups excluding carboxylic acids is 3. The van der Waals surface area contributed by atoms with Gasteiger partial charge in [-0.3, -0.25) is 4.79 Å². The van der Waals surface area contributed by atoms with Crippen LogP contribution in [0.1, 0.15) is 67.7 Å². The maximum atomic E-state index is 12.8. The van der Waals surface area contributed by atoms with Gasteiger partial charge in [0.2, 0.25) is 6.10 Å². The number of carboxylic acid groups (broad SMARTS) is 1. The zero-order valence-electron chi connectivity index (χ0n) is 20.6. The fourth-order valence-electron chi connectivity index (χ4n) is 2.96. The van der Waals surface area contributed by atoms with Crippen molar-refractivity contribution in [2.75, 3.05) is 6.54 Å². The molecule has 1 heterocycles. The van der Waals surface area contributed by atoms with Gasteiger partial charge in [0.25, 0.3) is 0 Å². The van der Waals surface area contributed by atoms with E-state index in [9.17, 15) is 24.3 Å². The van der Waals surface area contributed by atoms with Crippen molar-refractivity contribution in [3.63, 3.8) is 0 Å². The molecule has 0 aromatic carbocycles. The molecule has 3 atom stereocenters. The molecule has 0 radical (unpaired) electrons. The van der Waals surface area contributed by atoms with Gasteiger partial charge in [-0.2, -0.15) is 0 Å². The molecule has 34 heavy (non-hydrogen) atoms. The Morgan fingerprint density at radius 3 is 2.00 bits per heavy atom. The summed E-state index contributed by atoms with van der Waals surface area (Å²) in [5, 5.41) is 12.0. The second-order valence-electron chi connectivity index (χ2n) is 9.92. The number of hydrogen-bond acceptors (Lipinski definition) is 9. The number of carboxylic acids is 1. The summed E-state index contributed by atoms with van der Waals surface area (Å²) in [6.45, 7) is 12.0. The maximum absolute atomic E-state index is 12.8. The van der Waals surface area contributed by atoms with Crippen LogP contribution in [0.2, 0.25) is 0 Å². The predicted molar refractivity (Wildman–Crippen MR) is 131 cm³/mol. The van der Waals surface area contributed by atoms with Gasteiger partial charge in [0.1, 0.15) is 23.3 Å². The summed E-state index contributed by atoms with van der Waals surface area (Å²) in [6.07, 6.45) is -1.29.